The van der Waals surface area contributed by atoms with Crippen molar-refractivity contribution in [3.63, 3.8) is 0 Å². The van der Waals surface area contributed by atoms with E-state index >= 15 is 0 Å². The Balaban J connectivity index is 1.38. The average molecular weight is 447 g/mol. The van der Waals surface area contributed by atoms with Gasteiger partial charge in [0.15, 0.2) is 5.13 Å². The van der Waals surface area contributed by atoms with E-state index in [0.29, 0.717) is 11.4 Å². The topological polar surface area (TPSA) is 65.5 Å². The summed E-state index contributed by atoms with van der Waals surface area (Å²) in [6, 6.07) is 5.52. The second-order valence-electron chi connectivity index (χ2n) is 7.98. The smallest absolute Gasteiger partial charge is 0.227 e. The number of hydrogen-bond donors (Lipinski definition) is 1. The molecule has 1 unspecified atom stereocenters. The summed E-state index contributed by atoms with van der Waals surface area (Å²) in [5.74, 6) is 0.241. The van der Waals surface area contributed by atoms with E-state index in [0.717, 1.165) is 67.5 Å². The molecule has 30 heavy (non-hydrogen) atoms. The highest BCUT2D eigenvalue weighted by Gasteiger charge is 2.30. The van der Waals surface area contributed by atoms with Crippen LogP contribution in [0, 0.1) is 12.8 Å². The molecule has 1 aromatic heterocycles. The summed E-state index contributed by atoms with van der Waals surface area (Å²) in [7, 11) is 0. The second-order valence-corrected chi connectivity index (χ2v) is 9.47. The van der Waals surface area contributed by atoms with Gasteiger partial charge >= 0.3 is 0 Å². The van der Waals surface area contributed by atoms with Crippen LogP contribution in [0.4, 0.5) is 10.8 Å². The molecule has 1 fully saturated rings. The van der Waals surface area contributed by atoms with Gasteiger partial charge in [-0.25, -0.2) is 4.98 Å². The highest BCUT2D eigenvalue weighted by atomic mass is 35.5. The molecule has 0 bridgehead atoms. The van der Waals surface area contributed by atoms with E-state index in [9.17, 15) is 9.59 Å². The standard InChI is InChI=1S/C22H27ClN4O2S/c1-3-20(28)26-8-10-27(11-9-26)22-25-18-6-4-15(13-19(18)30-22)21(29)24-17-7-5-16(23)12-14(17)2/h5,7,12,15H,3-4,6,8-11,13H2,1-2H3,(H,24,29). The van der Waals surface area contributed by atoms with Crippen molar-refractivity contribution in [2.45, 2.75) is 39.5 Å². The number of piperazine rings is 1. The lowest BCUT2D eigenvalue weighted by atomic mass is 9.90. The average Bonchev–Trinajstić information content (AvgIpc) is 3.18. The molecule has 1 aliphatic heterocycles. The van der Waals surface area contributed by atoms with Gasteiger partial charge in [-0.15, -0.1) is 11.3 Å². The molecule has 1 aromatic carbocycles. The van der Waals surface area contributed by atoms with Crippen molar-refractivity contribution in [3.8, 4) is 0 Å². The number of rotatable bonds is 4. The minimum absolute atomic E-state index is 0.0418. The lowest BCUT2D eigenvalue weighted by Crippen LogP contribution is -2.48. The van der Waals surface area contributed by atoms with Gasteiger partial charge < -0.3 is 15.1 Å². The van der Waals surface area contributed by atoms with E-state index in [4.69, 9.17) is 16.6 Å². The van der Waals surface area contributed by atoms with E-state index < -0.39 is 0 Å². The molecular formula is C22H27ClN4O2S. The molecule has 2 amide bonds. The van der Waals surface area contributed by atoms with E-state index in [-0.39, 0.29) is 17.7 Å². The van der Waals surface area contributed by atoms with Crippen LogP contribution in [-0.2, 0) is 22.4 Å². The predicted molar refractivity (Wildman–Crippen MR) is 122 cm³/mol. The largest absolute Gasteiger partial charge is 0.345 e. The molecule has 1 aliphatic carbocycles. The number of aromatic nitrogens is 1. The Kier molecular flexibility index (Phi) is 6.29. The van der Waals surface area contributed by atoms with Gasteiger partial charge in [-0.1, -0.05) is 18.5 Å². The normalized spacial score (nSPS) is 18.8. The first-order chi connectivity index (χ1) is 14.4. The summed E-state index contributed by atoms with van der Waals surface area (Å²) in [6.45, 7) is 6.99. The summed E-state index contributed by atoms with van der Waals surface area (Å²) < 4.78 is 0. The number of amides is 2. The van der Waals surface area contributed by atoms with Gasteiger partial charge in [-0.2, -0.15) is 0 Å². The molecule has 0 spiro atoms. The molecule has 160 valence electrons. The van der Waals surface area contributed by atoms with Crippen LogP contribution < -0.4 is 10.2 Å². The van der Waals surface area contributed by atoms with Crippen LogP contribution in [0.15, 0.2) is 18.2 Å². The van der Waals surface area contributed by atoms with Crippen molar-refractivity contribution in [3.05, 3.63) is 39.4 Å². The van der Waals surface area contributed by atoms with Crippen LogP contribution in [0.2, 0.25) is 5.02 Å². The number of hydrogen-bond acceptors (Lipinski definition) is 5. The number of halogens is 1. The van der Waals surface area contributed by atoms with Gasteiger partial charge in [0, 0.05) is 54.1 Å². The molecule has 6 nitrogen and oxygen atoms in total. The number of nitrogens with zero attached hydrogens (tertiary/aromatic N) is 3. The third-order valence-corrected chi connectivity index (χ3v) is 7.37. The van der Waals surface area contributed by atoms with Crippen LogP contribution >= 0.6 is 22.9 Å². The Morgan fingerprint density at radius 1 is 1.27 bits per heavy atom. The Labute approximate surface area is 186 Å². The molecule has 1 saturated heterocycles. The van der Waals surface area contributed by atoms with Crippen molar-refractivity contribution >= 4 is 45.6 Å². The minimum atomic E-state index is -0.0418. The second kappa shape index (κ2) is 8.94. The zero-order valence-electron chi connectivity index (χ0n) is 17.4. The van der Waals surface area contributed by atoms with Gasteiger partial charge in [-0.3, -0.25) is 9.59 Å². The lowest BCUT2D eigenvalue weighted by molar-refractivity contribution is -0.131. The first-order valence-corrected chi connectivity index (χ1v) is 11.7. The maximum absolute atomic E-state index is 12.8. The Hall–Kier alpha value is -2.12. The molecule has 1 N–H and O–H groups in total. The first-order valence-electron chi connectivity index (χ1n) is 10.5. The maximum Gasteiger partial charge on any atom is 0.227 e. The quantitative estimate of drug-likeness (QED) is 0.773. The number of aryl methyl sites for hydroxylation is 2. The molecule has 0 radical (unpaired) electrons. The zero-order valence-corrected chi connectivity index (χ0v) is 19.0. The molecule has 0 saturated carbocycles. The van der Waals surface area contributed by atoms with Crippen molar-refractivity contribution in [1.82, 2.24) is 9.88 Å². The van der Waals surface area contributed by atoms with Crippen molar-refractivity contribution in [1.29, 1.82) is 0 Å². The van der Waals surface area contributed by atoms with Crippen LogP contribution in [0.25, 0.3) is 0 Å². The summed E-state index contributed by atoms with van der Waals surface area (Å²) in [6.07, 6.45) is 2.94. The molecule has 8 heteroatoms. The third-order valence-electron chi connectivity index (χ3n) is 5.95. The van der Waals surface area contributed by atoms with Gasteiger partial charge in [-0.05, 0) is 49.9 Å². The fourth-order valence-corrected chi connectivity index (χ4v) is 5.56. The summed E-state index contributed by atoms with van der Waals surface area (Å²) in [5, 5.41) is 4.77. The van der Waals surface area contributed by atoms with E-state index in [2.05, 4.69) is 10.2 Å². The van der Waals surface area contributed by atoms with Crippen LogP contribution in [0.3, 0.4) is 0 Å². The third kappa shape index (κ3) is 4.47. The number of carbonyl (C=O) groups excluding carboxylic acids is 2. The molecule has 2 heterocycles. The fraction of sp³-hybridized carbons (Fsp3) is 0.500. The monoisotopic (exact) mass is 446 g/mol. The Morgan fingerprint density at radius 3 is 2.73 bits per heavy atom. The first kappa shape index (κ1) is 21.1. The highest BCUT2D eigenvalue weighted by Crippen LogP contribution is 2.35. The molecule has 2 aliphatic rings. The van der Waals surface area contributed by atoms with Gasteiger partial charge in [0.05, 0.1) is 5.69 Å². The minimum Gasteiger partial charge on any atom is -0.345 e. The number of carbonyl (C=O) groups is 2. The fourth-order valence-electron chi connectivity index (χ4n) is 4.09. The van der Waals surface area contributed by atoms with E-state index in [1.807, 2.05) is 30.9 Å². The van der Waals surface area contributed by atoms with E-state index in [1.165, 1.54) is 4.88 Å². The summed E-state index contributed by atoms with van der Waals surface area (Å²) in [5.41, 5.74) is 2.92. The Morgan fingerprint density at radius 2 is 2.03 bits per heavy atom. The molecule has 1 atom stereocenters. The highest BCUT2D eigenvalue weighted by molar-refractivity contribution is 7.15. The summed E-state index contributed by atoms with van der Waals surface area (Å²) >= 11 is 7.72. The zero-order chi connectivity index (χ0) is 21.3. The molecule has 4 rings (SSSR count). The maximum atomic E-state index is 12.8. The van der Waals surface area contributed by atoms with Gasteiger partial charge in [0.2, 0.25) is 11.8 Å². The van der Waals surface area contributed by atoms with Crippen molar-refractivity contribution < 1.29 is 9.59 Å². The van der Waals surface area contributed by atoms with Gasteiger partial charge in [0.1, 0.15) is 0 Å². The van der Waals surface area contributed by atoms with Crippen LogP contribution in [0.5, 0.6) is 0 Å². The lowest BCUT2D eigenvalue weighted by Gasteiger charge is -2.34. The number of anilines is 2. The molecule has 2 aromatic rings. The van der Waals surface area contributed by atoms with Crippen molar-refractivity contribution in [2.75, 3.05) is 36.4 Å². The predicted octanol–water partition coefficient (Wildman–Crippen LogP) is 3.91. The van der Waals surface area contributed by atoms with Crippen LogP contribution in [-0.4, -0.2) is 47.9 Å². The SMILES string of the molecule is CCC(=O)N1CCN(c2nc3c(s2)CC(C(=O)Nc2ccc(Cl)cc2C)CC3)CC1. The summed E-state index contributed by atoms with van der Waals surface area (Å²) in [4.78, 5) is 35.0. The number of nitrogens with one attached hydrogen (secondary N) is 1. The number of benzene rings is 1. The van der Waals surface area contributed by atoms with Crippen molar-refractivity contribution in [2.24, 2.45) is 5.92 Å². The van der Waals surface area contributed by atoms with E-state index in [1.54, 1.807) is 17.4 Å². The van der Waals surface area contributed by atoms with Crippen LogP contribution in [0.1, 0.15) is 35.9 Å². The Bertz CT molecular complexity index is 953. The number of fused-ring (bicyclic) bond motifs is 1. The number of thiazole rings is 1. The molecular weight excluding hydrogens is 420 g/mol. The van der Waals surface area contributed by atoms with Gasteiger partial charge in [0.25, 0.3) is 0 Å².